The lowest BCUT2D eigenvalue weighted by atomic mass is 10.4. The van der Waals surface area contributed by atoms with Crippen LogP contribution in [-0.4, -0.2) is 16.2 Å². The molecule has 1 aromatic rings. The standard InChI is InChI=1S/C7H7BrN2S/c1-3-6-5(8)4-9-7(10-6)11-2/h3-4H,1H2,2H3. The molecule has 2 nitrogen and oxygen atoms in total. The van der Waals surface area contributed by atoms with E-state index in [-0.39, 0.29) is 0 Å². The SMILES string of the molecule is C=Cc1nc(SC)ncc1Br. The smallest absolute Gasteiger partial charge is 0.187 e. The Morgan fingerprint density at radius 3 is 3.00 bits per heavy atom. The zero-order valence-electron chi connectivity index (χ0n) is 6.04. The fraction of sp³-hybridized carbons (Fsp3) is 0.143. The highest BCUT2D eigenvalue weighted by molar-refractivity contribution is 9.10. The molecule has 1 aromatic heterocycles. The first-order valence-electron chi connectivity index (χ1n) is 2.97. The number of thioether (sulfide) groups is 1. The third-order valence-electron chi connectivity index (χ3n) is 1.13. The second-order valence-corrected chi connectivity index (χ2v) is 3.42. The highest BCUT2D eigenvalue weighted by Gasteiger charge is 1.99. The first kappa shape index (κ1) is 8.74. The summed E-state index contributed by atoms with van der Waals surface area (Å²) >= 11 is 4.83. The van der Waals surface area contributed by atoms with Crippen LogP contribution in [0.25, 0.3) is 6.08 Å². The van der Waals surface area contributed by atoms with Gasteiger partial charge in [0.15, 0.2) is 5.16 Å². The maximum absolute atomic E-state index is 4.20. The Balaban J connectivity index is 3.12. The van der Waals surface area contributed by atoms with E-state index >= 15 is 0 Å². The fourth-order valence-corrected chi connectivity index (χ4v) is 1.31. The van der Waals surface area contributed by atoms with Gasteiger partial charge in [-0.2, -0.15) is 0 Å². The third-order valence-corrected chi connectivity index (χ3v) is 2.30. The van der Waals surface area contributed by atoms with Crippen LogP contribution in [0, 0.1) is 0 Å². The van der Waals surface area contributed by atoms with E-state index in [1.165, 1.54) is 11.8 Å². The van der Waals surface area contributed by atoms with E-state index in [1.54, 1.807) is 12.3 Å². The van der Waals surface area contributed by atoms with Crippen molar-refractivity contribution in [3.63, 3.8) is 0 Å². The van der Waals surface area contributed by atoms with Gasteiger partial charge in [0.1, 0.15) is 0 Å². The van der Waals surface area contributed by atoms with Crippen molar-refractivity contribution in [3.8, 4) is 0 Å². The molecule has 4 heteroatoms. The summed E-state index contributed by atoms with van der Waals surface area (Å²) in [7, 11) is 0. The first-order valence-corrected chi connectivity index (χ1v) is 4.98. The summed E-state index contributed by atoms with van der Waals surface area (Å²) in [5.41, 5.74) is 0.837. The van der Waals surface area contributed by atoms with Crippen LogP contribution >= 0.6 is 27.7 Å². The molecule has 0 atom stereocenters. The van der Waals surface area contributed by atoms with Crippen molar-refractivity contribution < 1.29 is 0 Å². The zero-order valence-corrected chi connectivity index (χ0v) is 8.44. The van der Waals surface area contributed by atoms with Crippen molar-refractivity contribution in [2.75, 3.05) is 6.26 Å². The second kappa shape index (κ2) is 3.88. The van der Waals surface area contributed by atoms with Gasteiger partial charge >= 0.3 is 0 Å². The monoisotopic (exact) mass is 230 g/mol. The Morgan fingerprint density at radius 1 is 1.73 bits per heavy atom. The molecule has 11 heavy (non-hydrogen) atoms. The average Bonchev–Trinajstić information content (AvgIpc) is 2.05. The molecular formula is C7H7BrN2S. The molecule has 0 saturated carbocycles. The van der Waals surface area contributed by atoms with Gasteiger partial charge in [-0.15, -0.1) is 0 Å². The highest BCUT2D eigenvalue weighted by atomic mass is 79.9. The van der Waals surface area contributed by atoms with Crippen molar-refractivity contribution in [1.82, 2.24) is 9.97 Å². The van der Waals surface area contributed by atoms with Gasteiger partial charge < -0.3 is 0 Å². The van der Waals surface area contributed by atoms with Gasteiger partial charge in [0.2, 0.25) is 0 Å². The normalized spacial score (nSPS) is 9.64. The van der Waals surface area contributed by atoms with Crippen molar-refractivity contribution in [2.45, 2.75) is 5.16 Å². The second-order valence-electron chi connectivity index (χ2n) is 1.79. The van der Waals surface area contributed by atoms with Gasteiger partial charge in [0.05, 0.1) is 10.2 Å². The Bertz CT molecular complexity index is 275. The zero-order chi connectivity index (χ0) is 8.27. The van der Waals surface area contributed by atoms with Gasteiger partial charge in [-0.1, -0.05) is 18.3 Å². The predicted octanol–water partition coefficient (Wildman–Crippen LogP) is 2.60. The third kappa shape index (κ3) is 2.04. The molecule has 0 amide bonds. The Morgan fingerprint density at radius 2 is 2.45 bits per heavy atom. The summed E-state index contributed by atoms with van der Waals surface area (Å²) in [6.07, 6.45) is 5.37. The van der Waals surface area contributed by atoms with E-state index in [0.29, 0.717) is 0 Å². The summed E-state index contributed by atoms with van der Waals surface area (Å²) in [5.74, 6) is 0. The largest absolute Gasteiger partial charge is 0.230 e. The molecule has 1 rings (SSSR count). The Labute approximate surface area is 78.3 Å². The van der Waals surface area contributed by atoms with E-state index < -0.39 is 0 Å². The van der Waals surface area contributed by atoms with Crippen molar-refractivity contribution in [1.29, 1.82) is 0 Å². The van der Waals surface area contributed by atoms with Gasteiger partial charge in [-0.05, 0) is 28.3 Å². The minimum Gasteiger partial charge on any atom is -0.230 e. The number of nitrogens with zero attached hydrogens (tertiary/aromatic N) is 2. The van der Waals surface area contributed by atoms with Crippen LogP contribution in [0.4, 0.5) is 0 Å². The Hall–Kier alpha value is -0.350. The topological polar surface area (TPSA) is 25.8 Å². The van der Waals surface area contributed by atoms with Gasteiger partial charge in [-0.25, -0.2) is 9.97 Å². The first-order chi connectivity index (χ1) is 5.27. The lowest BCUT2D eigenvalue weighted by molar-refractivity contribution is 0.951. The molecule has 0 N–H and O–H groups in total. The number of hydrogen-bond acceptors (Lipinski definition) is 3. The maximum Gasteiger partial charge on any atom is 0.187 e. The summed E-state index contributed by atoms with van der Waals surface area (Å²) < 4.78 is 0.880. The quantitative estimate of drug-likeness (QED) is 0.578. The van der Waals surface area contributed by atoms with Gasteiger partial charge in [0.25, 0.3) is 0 Å². The summed E-state index contributed by atoms with van der Waals surface area (Å²) in [6.45, 7) is 3.64. The van der Waals surface area contributed by atoms with Gasteiger partial charge in [-0.3, -0.25) is 0 Å². The average molecular weight is 231 g/mol. The molecule has 0 unspecified atom stereocenters. The molecule has 0 spiro atoms. The van der Waals surface area contributed by atoms with E-state index in [9.17, 15) is 0 Å². The van der Waals surface area contributed by atoms with Crippen LogP contribution in [0.5, 0.6) is 0 Å². The van der Waals surface area contributed by atoms with Crippen LogP contribution in [0.2, 0.25) is 0 Å². The van der Waals surface area contributed by atoms with Crippen molar-refractivity contribution in [3.05, 3.63) is 22.9 Å². The number of rotatable bonds is 2. The molecule has 0 fully saturated rings. The van der Waals surface area contributed by atoms with Crippen LogP contribution < -0.4 is 0 Å². The molecular weight excluding hydrogens is 224 g/mol. The lowest BCUT2D eigenvalue weighted by Crippen LogP contribution is -1.89. The molecule has 0 aliphatic rings. The summed E-state index contributed by atoms with van der Waals surface area (Å²) in [6, 6.07) is 0. The van der Waals surface area contributed by atoms with E-state index in [0.717, 1.165) is 15.3 Å². The molecule has 0 aliphatic carbocycles. The van der Waals surface area contributed by atoms with Crippen LogP contribution in [0.3, 0.4) is 0 Å². The van der Waals surface area contributed by atoms with Crippen molar-refractivity contribution >= 4 is 33.8 Å². The van der Waals surface area contributed by atoms with E-state index in [2.05, 4.69) is 32.5 Å². The molecule has 58 valence electrons. The number of halogens is 1. The molecule has 1 heterocycles. The molecule has 0 aliphatic heterocycles. The maximum atomic E-state index is 4.20. The summed E-state index contributed by atoms with van der Waals surface area (Å²) in [4.78, 5) is 8.26. The van der Waals surface area contributed by atoms with Crippen LogP contribution in [0.15, 0.2) is 22.4 Å². The summed E-state index contributed by atoms with van der Waals surface area (Å²) in [5, 5.41) is 0.767. The van der Waals surface area contributed by atoms with Crippen molar-refractivity contribution in [2.24, 2.45) is 0 Å². The molecule has 0 aromatic carbocycles. The Kier molecular flexibility index (Phi) is 3.08. The van der Waals surface area contributed by atoms with Gasteiger partial charge in [0, 0.05) is 6.20 Å². The van der Waals surface area contributed by atoms with E-state index in [4.69, 9.17) is 0 Å². The van der Waals surface area contributed by atoms with E-state index in [1.807, 2.05) is 6.26 Å². The lowest BCUT2D eigenvalue weighted by Gasteiger charge is -1.98. The predicted molar refractivity (Wildman–Crippen MR) is 51.6 cm³/mol. The van der Waals surface area contributed by atoms with Crippen LogP contribution in [-0.2, 0) is 0 Å². The highest BCUT2D eigenvalue weighted by Crippen LogP contribution is 2.17. The molecule has 0 saturated heterocycles. The minimum atomic E-state index is 0.767. The number of aromatic nitrogens is 2. The van der Waals surface area contributed by atoms with Crippen LogP contribution in [0.1, 0.15) is 5.69 Å². The molecule has 0 radical (unpaired) electrons. The minimum absolute atomic E-state index is 0.767. The number of hydrogen-bond donors (Lipinski definition) is 0. The molecule has 0 bridgehead atoms. The fourth-order valence-electron chi connectivity index (χ4n) is 0.605.